The largest absolute Gasteiger partial charge is 0.490 e. The van der Waals surface area contributed by atoms with Gasteiger partial charge in [-0.1, -0.05) is 11.6 Å². The molecule has 0 amide bonds. The second kappa shape index (κ2) is 7.61. The summed E-state index contributed by atoms with van der Waals surface area (Å²) in [7, 11) is -2.09. The topological polar surface area (TPSA) is 81.9 Å². The number of rotatable bonds is 6. The molecular weight excluding hydrogens is 328 g/mol. The lowest BCUT2D eigenvalue weighted by atomic mass is 10.1. The Morgan fingerprint density at radius 3 is 2.64 bits per heavy atom. The fourth-order valence-electron chi connectivity index (χ4n) is 2.29. The molecule has 1 heterocycles. The zero-order valence-corrected chi connectivity index (χ0v) is 14.1. The molecule has 0 saturated carbocycles. The van der Waals surface area contributed by atoms with Gasteiger partial charge in [-0.3, -0.25) is 0 Å². The van der Waals surface area contributed by atoms with Gasteiger partial charge in [0.25, 0.3) is 0 Å². The highest BCUT2D eigenvalue weighted by Crippen LogP contribution is 2.31. The summed E-state index contributed by atoms with van der Waals surface area (Å²) in [5.41, 5.74) is 5.83. The van der Waals surface area contributed by atoms with Crippen molar-refractivity contribution in [2.45, 2.75) is 23.8 Å². The number of methoxy groups -OCH3 is 1. The van der Waals surface area contributed by atoms with Gasteiger partial charge in [0.15, 0.2) is 0 Å². The van der Waals surface area contributed by atoms with E-state index in [0.717, 1.165) is 0 Å². The second-order valence-corrected chi connectivity index (χ2v) is 7.52. The van der Waals surface area contributed by atoms with Gasteiger partial charge in [0.05, 0.1) is 6.61 Å². The molecule has 1 aliphatic rings. The van der Waals surface area contributed by atoms with Crippen molar-refractivity contribution in [3.63, 3.8) is 0 Å². The summed E-state index contributed by atoms with van der Waals surface area (Å²) < 4.78 is 37.5. The van der Waals surface area contributed by atoms with Crippen LogP contribution in [0.25, 0.3) is 0 Å². The lowest BCUT2D eigenvalue weighted by Crippen LogP contribution is -2.42. The van der Waals surface area contributed by atoms with Gasteiger partial charge in [-0.25, -0.2) is 8.42 Å². The minimum atomic E-state index is -3.65. The third-order valence-corrected chi connectivity index (χ3v) is 5.72. The van der Waals surface area contributed by atoms with E-state index < -0.39 is 10.0 Å². The van der Waals surface area contributed by atoms with E-state index in [2.05, 4.69) is 0 Å². The first-order valence-corrected chi connectivity index (χ1v) is 8.94. The van der Waals surface area contributed by atoms with Gasteiger partial charge in [0.2, 0.25) is 10.0 Å². The number of benzene rings is 1. The van der Waals surface area contributed by atoms with Gasteiger partial charge in [-0.2, -0.15) is 4.31 Å². The molecule has 1 fully saturated rings. The van der Waals surface area contributed by atoms with Crippen LogP contribution in [0.2, 0.25) is 5.02 Å². The highest BCUT2D eigenvalue weighted by Gasteiger charge is 2.31. The maximum atomic E-state index is 12.8. The summed E-state index contributed by atoms with van der Waals surface area (Å²) in [6.45, 7) is 1.47. The molecule has 0 atom stereocenters. The van der Waals surface area contributed by atoms with Gasteiger partial charge in [0, 0.05) is 31.3 Å². The van der Waals surface area contributed by atoms with Crippen LogP contribution < -0.4 is 10.5 Å². The van der Waals surface area contributed by atoms with Gasteiger partial charge in [0.1, 0.15) is 17.3 Å². The monoisotopic (exact) mass is 348 g/mol. The fraction of sp³-hybridized carbons (Fsp3) is 0.571. The number of sulfonamides is 1. The van der Waals surface area contributed by atoms with Crippen molar-refractivity contribution in [1.29, 1.82) is 0 Å². The predicted molar refractivity (Wildman–Crippen MR) is 84.8 cm³/mol. The minimum absolute atomic E-state index is 0.0586. The Kier molecular flexibility index (Phi) is 6.05. The lowest BCUT2D eigenvalue weighted by molar-refractivity contribution is 0.144. The van der Waals surface area contributed by atoms with Gasteiger partial charge in [-0.15, -0.1) is 0 Å². The van der Waals surface area contributed by atoms with Crippen LogP contribution in [-0.2, 0) is 14.8 Å². The summed E-state index contributed by atoms with van der Waals surface area (Å²) in [5, 5.41) is 0.353. The van der Waals surface area contributed by atoms with Gasteiger partial charge >= 0.3 is 0 Å². The summed E-state index contributed by atoms with van der Waals surface area (Å²) in [5.74, 6) is 0.288. The molecule has 0 radical (unpaired) electrons. The molecule has 0 aliphatic carbocycles. The third kappa shape index (κ3) is 4.11. The molecule has 6 nitrogen and oxygen atoms in total. The van der Waals surface area contributed by atoms with E-state index in [-0.39, 0.29) is 23.3 Å². The smallest absolute Gasteiger partial charge is 0.246 e. The zero-order chi connectivity index (χ0) is 16.2. The van der Waals surface area contributed by atoms with Crippen LogP contribution >= 0.6 is 11.6 Å². The first-order valence-electron chi connectivity index (χ1n) is 7.12. The van der Waals surface area contributed by atoms with Crippen molar-refractivity contribution < 1.29 is 17.9 Å². The zero-order valence-electron chi connectivity index (χ0n) is 12.5. The first kappa shape index (κ1) is 17.5. The molecule has 2 N–H and O–H groups in total. The van der Waals surface area contributed by atoms with E-state index in [1.54, 1.807) is 19.2 Å². The Balaban J connectivity index is 2.26. The van der Waals surface area contributed by atoms with E-state index in [1.807, 2.05) is 0 Å². The molecule has 0 aromatic heterocycles. The Hall–Kier alpha value is -0.860. The van der Waals surface area contributed by atoms with E-state index in [9.17, 15) is 8.42 Å². The highest BCUT2D eigenvalue weighted by atomic mass is 35.5. The van der Waals surface area contributed by atoms with Crippen molar-refractivity contribution >= 4 is 21.6 Å². The van der Waals surface area contributed by atoms with Crippen LogP contribution in [0.15, 0.2) is 23.1 Å². The van der Waals surface area contributed by atoms with Crippen LogP contribution in [0.4, 0.5) is 0 Å². The van der Waals surface area contributed by atoms with Crippen molar-refractivity contribution in [2.24, 2.45) is 5.73 Å². The Labute approximate surface area is 136 Å². The summed E-state index contributed by atoms with van der Waals surface area (Å²) in [6, 6.07) is 4.66. The summed E-state index contributed by atoms with van der Waals surface area (Å²) in [6.07, 6.45) is 1.30. The van der Waals surface area contributed by atoms with Crippen molar-refractivity contribution in [3.8, 4) is 5.75 Å². The van der Waals surface area contributed by atoms with Gasteiger partial charge < -0.3 is 15.2 Å². The second-order valence-electron chi connectivity index (χ2n) is 5.17. The normalized spacial score (nSPS) is 17.6. The Bertz CT molecular complexity index is 601. The standard InChI is InChI=1S/C14H21ClN2O4S/c1-20-8-9-21-13-3-2-11(15)10-14(13)22(18,19)17-6-4-12(16)5-7-17/h2-3,10,12H,4-9,16H2,1H3. The van der Waals surface area contributed by atoms with Crippen LogP contribution in [0.5, 0.6) is 5.75 Å². The summed E-state index contributed by atoms with van der Waals surface area (Å²) >= 11 is 5.96. The number of nitrogens with zero attached hydrogens (tertiary/aromatic N) is 1. The van der Waals surface area contributed by atoms with E-state index in [1.165, 1.54) is 10.4 Å². The molecule has 22 heavy (non-hydrogen) atoms. The van der Waals surface area contributed by atoms with E-state index in [4.69, 9.17) is 26.8 Å². The first-order chi connectivity index (χ1) is 10.4. The Morgan fingerprint density at radius 2 is 2.00 bits per heavy atom. The molecule has 0 bridgehead atoms. The molecule has 124 valence electrons. The number of halogens is 1. The maximum absolute atomic E-state index is 12.8. The molecule has 1 aliphatic heterocycles. The number of piperidine rings is 1. The van der Waals surface area contributed by atoms with Crippen LogP contribution in [-0.4, -0.2) is 52.2 Å². The van der Waals surface area contributed by atoms with Crippen molar-refractivity contribution in [2.75, 3.05) is 33.4 Å². The average molecular weight is 349 g/mol. The average Bonchev–Trinajstić information content (AvgIpc) is 2.49. The molecular formula is C14H21ClN2O4S. The quantitative estimate of drug-likeness (QED) is 0.787. The number of nitrogens with two attached hydrogens (primary N) is 1. The maximum Gasteiger partial charge on any atom is 0.246 e. The lowest BCUT2D eigenvalue weighted by Gasteiger charge is -2.29. The number of ether oxygens (including phenoxy) is 2. The molecule has 1 saturated heterocycles. The van der Waals surface area contributed by atoms with E-state index >= 15 is 0 Å². The van der Waals surface area contributed by atoms with Crippen molar-refractivity contribution in [1.82, 2.24) is 4.31 Å². The molecule has 1 aromatic carbocycles. The van der Waals surface area contributed by atoms with Crippen molar-refractivity contribution in [3.05, 3.63) is 23.2 Å². The third-order valence-electron chi connectivity index (χ3n) is 3.57. The number of hydrogen-bond acceptors (Lipinski definition) is 5. The van der Waals surface area contributed by atoms with Crippen LogP contribution in [0.3, 0.4) is 0 Å². The predicted octanol–water partition coefficient (Wildman–Crippen LogP) is 1.48. The van der Waals surface area contributed by atoms with Crippen LogP contribution in [0, 0.1) is 0 Å². The molecule has 1 aromatic rings. The molecule has 2 rings (SSSR count). The highest BCUT2D eigenvalue weighted by molar-refractivity contribution is 7.89. The van der Waals surface area contributed by atoms with Crippen LogP contribution in [0.1, 0.15) is 12.8 Å². The minimum Gasteiger partial charge on any atom is -0.490 e. The SMILES string of the molecule is COCCOc1ccc(Cl)cc1S(=O)(=O)N1CCC(N)CC1. The fourth-order valence-corrected chi connectivity index (χ4v) is 4.16. The molecule has 8 heteroatoms. The Morgan fingerprint density at radius 1 is 1.32 bits per heavy atom. The van der Waals surface area contributed by atoms with E-state index in [0.29, 0.717) is 37.6 Å². The number of hydrogen-bond donors (Lipinski definition) is 1. The van der Waals surface area contributed by atoms with Gasteiger partial charge in [-0.05, 0) is 31.0 Å². The molecule has 0 spiro atoms. The molecule has 0 unspecified atom stereocenters. The summed E-state index contributed by atoms with van der Waals surface area (Å²) in [4.78, 5) is 0.0894.